The molecule has 0 aliphatic heterocycles. The van der Waals surface area contributed by atoms with Gasteiger partial charge in [0.05, 0.1) is 11.5 Å². The average Bonchev–Trinajstić information content (AvgIpc) is 2.43. The highest BCUT2D eigenvalue weighted by Gasteiger charge is 2.42. The van der Waals surface area contributed by atoms with Crippen LogP contribution in [0.3, 0.4) is 0 Å². The van der Waals surface area contributed by atoms with Gasteiger partial charge >= 0.3 is 6.18 Å². The molecule has 1 rings (SSSR count). The van der Waals surface area contributed by atoms with Gasteiger partial charge in [-0.15, -0.1) is 0 Å². The van der Waals surface area contributed by atoms with E-state index in [-0.39, 0.29) is 18.4 Å². The van der Waals surface area contributed by atoms with Crippen LogP contribution >= 0.6 is 0 Å². The van der Waals surface area contributed by atoms with E-state index in [1.54, 1.807) is 7.11 Å². The zero-order chi connectivity index (χ0) is 16.1. The molecule has 0 heterocycles. The molecule has 0 aromatic heterocycles. The van der Waals surface area contributed by atoms with Crippen molar-refractivity contribution in [2.45, 2.75) is 77.1 Å². The van der Waals surface area contributed by atoms with Crippen LogP contribution in [0.2, 0.25) is 0 Å². The van der Waals surface area contributed by atoms with Crippen molar-refractivity contribution in [1.29, 1.82) is 0 Å². The minimum Gasteiger partial charge on any atom is -0.379 e. The van der Waals surface area contributed by atoms with Gasteiger partial charge in [0, 0.05) is 13.2 Å². The fourth-order valence-electron chi connectivity index (χ4n) is 3.22. The summed E-state index contributed by atoms with van der Waals surface area (Å²) in [6.45, 7) is 7.01. The van der Waals surface area contributed by atoms with E-state index < -0.39 is 12.1 Å². The maximum absolute atomic E-state index is 12.7. The van der Waals surface area contributed by atoms with Gasteiger partial charge in [-0.05, 0) is 64.8 Å². The molecule has 0 saturated heterocycles. The molecule has 0 aromatic carbocycles. The smallest absolute Gasteiger partial charge is 0.379 e. The lowest BCUT2D eigenvalue weighted by Gasteiger charge is -2.36. The van der Waals surface area contributed by atoms with Crippen LogP contribution in [0.5, 0.6) is 0 Å². The summed E-state index contributed by atoms with van der Waals surface area (Å²) in [4.78, 5) is 0. The molecule has 126 valence electrons. The summed E-state index contributed by atoms with van der Waals surface area (Å²) in [6.07, 6.45) is -0.231. The third kappa shape index (κ3) is 6.15. The van der Waals surface area contributed by atoms with Crippen molar-refractivity contribution in [3.8, 4) is 0 Å². The van der Waals surface area contributed by atoms with Gasteiger partial charge in [-0.25, -0.2) is 0 Å². The van der Waals surface area contributed by atoms with Gasteiger partial charge in [0.1, 0.15) is 0 Å². The highest BCUT2D eigenvalue weighted by Crippen LogP contribution is 2.41. The molecule has 1 atom stereocenters. The molecule has 0 spiro atoms. The highest BCUT2D eigenvalue weighted by molar-refractivity contribution is 4.85. The van der Waals surface area contributed by atoms with Gasteiger partial charge in [-0.3, -0.25) is 0 Å². The van der Waals surface area contributed by atoms with Crippen molar-refractivity contribution >= 4 is 0 Å². The summed E-state index contributed by atoms with van der Waals surface area (Å²) in [7, 11) is 1.71. The quantitative estimate of drug-likeness (QED) is 0.745. The molecule has 0 radical (unpaired) electrons. The number of rotatable bonds is 7. The second kappa shape index (κ2) is 7.82. The molecule has 0 bridgehead atoms. The maximum atomic E-state index is 12.7. The van der Waals surface area contributed by atoms with E-state index in [4.69, 9.17) is 4.74 Å². The lowest BCUT2D eigenvalue weighted by molar-refractivity contribution is -0.184. The summed E-state index contributed by atoms with van der Waals surface area (Å²) in [5.41, 5.74) is -0.170. The van der Waals surface area contributed by atoms with E-state index in [1.165, 1.54) is 0 Å². The molecule has 0 amide bonds. The number of ether oxygens (including phenoxy) is 1. The largest absolute Gasteiger partial charge is 0.391 e. The zero-order valence-electron chi connectivity index (χ0n) is 13.7. The number of alkyl halides is 3. The van der Waals surface area contributed by atoms with Crippen molar-refractivity contribution in [3.05, 3.63) is 0 Å². The number of hydrogen-bond acceptors (Lipinski definition) is 2. The van der Waals surface area contributed by atoms with Crippen molar-refractivity contribution < 1.29 is 17.9 Å². The topological polar surface area (TPSA) is 21.3 Å². The van der Waals surface area contributed by atoms with Crippen LogP contribution < -0.4 is 5.32 Å². The van der Waals surface area contributed by atoms with E-state index in [1.807, 2.05) is 0 Å². The first-order chi connectivity index (χ1) is 9.69. The Kier molecular flexibility index (Phi) is 6.98. The average molecular weight is 309 g/mol. The fourth-order valence-corrected chi connectivity index (χ4v) is 3.22. The SMILES string of the molecule is CCNC(CCC(C)(C)OC)C1CCC(C(F)(F)F)CC1. The summed E-state index contributed by atoms with van der Waals surface area (Å²) >= 11 is 0. The Balaban J connectivity index is 2.51. The minimum absolute atomic E-state index is 0.170. The van der Waals surface area contributed by atoms with Crippen LogP contribution in [0.25, 0.3) is 0 Å². The van der Waals surface area contributed by atoms with E-state index in [0.717, 1.165) is 19.4 Å². The summed E-state index contributed by atoms with van der Waals surface area (Å²) in [5, 5.41) is 3.47. The van der Waals surface area contributed by atoms with Crippen molar-refractivity contribution in [3.63, 3.8) is 0 Å². The third-order valence-electron chi connectivity index (χ3n) is 4.88. The van der Waals surface area contributed by atoms with E-state index in [0.29, 0.717) is 24.8 Å². The van der Waals surface area contributed by atoms with Crippen molar-refractivity contribution in [1.82, 2.24) is 5.32 Å². The molecule has 1 N–H and O–H groups in total. The number of methoxy groups -OCH3 is 1. The summed E-state index contributed by atoms with van der Waals surface area (Å²) in [6, 6.07) is 0.304. The normalized spacial score (nSPS) is 25.9. The Labute approximate surface area is 126 Å². The molecular formula is C16H30F3NO. The first-order valence-electron chi connectivity index (χ1n) is 8.05. The Morgan fingerprint density at radius 1 is 1.14 bits per heavy atom. The molecule has 1 aliphatic carbocycles. The minimum atomic E-state index is -4.02. The molecule has 1 unspecified atom stereocenters. The molecule has 0 aromatic rings. The Hall–Kier alpha value is -0.290. The Bertz CT molecular complexity index is 296. The van der Waals surface area contributed by atoms with Crippen LogP contribution in [0, 0.1) is 11.8 Å². The molecule has 5 heteroatoms. The first-order valence-corrected chi connectivity index (χ1v) is 8.05. The van der Waals surface area contributed by atoms with Crippen LogP contribution in [-0.4, -0.2) is 31.5 Å². The standard InChI is InChI=1S/C16H30F3NO/c1-5-20-14(10-11-15(2,3)21-4)12-6-8-13(9-7-12)16(17,18)19/h12-14,20H,5-11H2,1-4H3. The Morgan fingerprint density at radius 3 is 2.14 bits per heavy atom. The van der Waals surface area contributed by atoms with Gasteiger partial charge in [-0.1, -0.05) is 6.92 Å². The highest BCUT2D eigenvalue weighted by atomic mass is 19.4. The molecule has 2 nitrogen and oxygen atoms in total. The molecule has 1 fully saturated rings. The van der Waals surface area contributed by atoms with Gasteiger partial charge in [0.25, 0.3) is 0 Å². The predicted octanol–water partition coefficient (Wildman–Crippen LogP) is 4.54. The van der Waals surface area contributed by atoms with E-state index >= 15 is 0 Å². The van der Waals surface area contributed by atoms with Gasteiger partial charge in [0.15, 0.2) is 0 Å². The molecule has 1 saturated carbocycles. The molecule has 21 heavy (non-hydrogen) atoms. The van der Waals surface area contributed by atoms with E-state index in [2.05, 4.69) is 26.1 Å². The van der Waals surface area contributed by atoms with Gasteiger partial charge < -0.3 is 10.1 Å². The predicted molar refractivity (Wildman–Crippen MR) is 79.3 cm³/mol. The second-order valence-corrected chi connectivity index (χ2v) is 6.82. The number of halogens is 3. The summed E-state index contributed by atoms with van der Waals surface area (Å²) in [5.74, 6) is -0.734. The fraction of sp³-hybridized carbons (Fsp3) is 1.00. The second-order valence-electron chi connectivity index (χ2n) is 6.82. The lowest BCUT2D eigenvalue weighted by Crippen LogP contribution is -2.41. The summed E-state index contributed by atoms with van der Waals surface area (Å²) < 4.78 is 43.6. The monoisotopic (exact) mass is 309 g/mol. The zero-order valence-corrected chi connectivity index (χ0v) is 13.7. The van der Waals surface area contributed by atoms with Crippen LogP contribution in [0.1, 0.15) is 59.3 Å². The van der Waals surface area contributed by atoms with Crippen LogP contribution in [-0.2, 0) is 4.74 Å². The van der Waals surface area contributed by atoms with Crippen molar-refractivity contribution in [2.24, 2.45) is 11.8 Å². The lowest BCUT2D eigenvalue weighted by atomic mass is 9.76. The molecular weight excluding hydrogens is 279 g/mol. The van der Waals surface area contributed by atoms with Crippen molar-refractivity contribution in [2.75, 3.05) is 13.7 Å². The van der Waals surface area contributed by atoms with Gasteiger partial charge in [0.2, 0.25) is 0 Å². The molecule has 1 aliphatic rings. The van der Waals surface area contributed by atoms with Crippen LogP contribution in [0.4, 0.5) is 13.2 Å². The number of nitrogens with one attached hydrogen (secondary N) is 1. The first kappa shape index (κ1) is 18.8. The number of hydrogen-bond donors (Lipinski definition) is 1. The maximum Gasteiger partial charge on any atom is 0.391 e. The van der Waals surface area contributed by atoms with E-state index in [9.17, 15) is 13.2 Å². The third-order valence-corrected chi connectivity index (χ3v) is 4.88. The van der Waals surface area contributed by atoms with Crippen LogP contribution in [0.15, 0.2) is 0 Å². The van der Waals surface area contributed by atoms with Gasteiger partial charge in [-0.2, -0.15) is 13.2 Å². The Morgan fingerprint density at radius 2 is 1.71 bits per heavy atom.